The second kappa shape index (κ2) is 7.96. The van der Waals surface area contributed by atoms with Gasteiger partial charge in [0.15, 0.2) is 0 Å². The number of rotatable bonds is 5. The fourth-order valence-corrected chi connectivity index (χ4v) is 2.57. The molecule has 25 heavy (non-hydrogen) atoms. The molecule has 7 heteroatoms. The van der Waals surface area contributed by atoms with Crippen molar-refractivity contribution in [1.29, 1.82) is 0 Å². The van der Waals surface area contributed by atoms with E-state index >= 15 is 0 Å². The van der Waals surface area contributed by atoms with Crippen molar-refractivity contribution in [2.24, 2.45) is 0 Å². The van der Waals surface area contributed by atoms with Crippen molar-refractivity contribution < 1.29 is 4.79 Å². The Labute approximate surface area is 155 Å². The molecule has 0 radical (unpaired) electrons. The zero-order valence-corrected chi connectivity index (χ0v) is 14.6. The van der Waals surface area contributed by atoms with Crippen molar-refractivity contribution >= 4 is 40.5 Å². The molecule has 0 bridgehead atoms. The number of carbonyl (C=O) groups is 1. The lowest BCUT2D eigenvalue weighted by atomic mass is 10.2. The first-order valence-corrected chi connectivity index (χ1v) is 8.22. The number of carbonyl (C=O) groups excluding carboxylic acids is 1. The zero-order valence-electron chi connectivity index (χ0n) is 13.0. The van der Waals surface area contributed by atoms with E-state index in [1.807, 2.05) is 12.1 Å². The molecule has 0 fully saturated rings. The fraction of sp³-hybridized carbons (Fsp3) is 0.0556. The van der Waals surface area contributed by atoms with Gasteiger partial charge in [-0.2, -0.15) is 0 Å². The highest BCUT2D eigenvalue weighted by atomic mass is 35.5. The molecule has 1 amide bonds. The lowest BCUT2D eigenvalue weighted by Crippen LogP contribution is -2.14. The first kappa shape index (κ1) is 17.2. The SMILES string of the molecule is O=C(Nc1ccc(Cl)cc1Cl)c1ccc(NCc2ccncc2)cn1. The average Bonchev–Trinajstić information content (AvgIpc) is 2.63. The number of nitrogens with one attached hydrogen (secondary N) is 2. The maximum Gasteiger partial charge on any atom is 0.274 e. The highest BCUT2D eigenvalue weighted by Gasteiger charge is 2.10. The van der Waals surface area contributed by atoms with Crippen LogP contribution < -0.4 is 10.6 Å². The van der Waals surface area contributed by atoms with Gasteiger partial charge in [-0.25, -0.2) is 4.98 Å². The summed E-state index contributed by atoms with van der Waals surface area (Å²) >= 11 is 11.9. The molecule has 2 N–H and O–H groups in total. The van der Waals surface area contributed by atoms with Crippen LogP contribution in [0.15, 0.2) is 61.1 Å². The normalized spacial score (nSPS) is 10.3. The summed E-state index contributed by atoms with van der Waals surface area (Å²) in [5.74, 6) is -0.343. The molecular formula is C18H14Cl2N4O. The molecular weight excluding hydrogens is 359 g/mol. The summed E-state index contributed by atoms with van der Waals surface area (Å²) in [6.07, 6.45) is 5.09. The van der Waals surface area contributed by atoms with Crippen LogP contribution in [-0.2, 0) is 6.54 Å². The Balaban J connectivity index is 1.62. The largest absolute Gasteiger partial charge is 0.380 e. The zero-order chi connectivity index (χ0) is 17.6. The van der Waals surface area contributed by atoms with E-state index in [1.54, 1.807) is 48.9 Å². The van der Waals surface area contributed by atoms with Gasteiger partial charge in [0.2, 0.25) is 0 Å². The van der Waals surface area contributed by atoms with Gasteiger partial charge in [-0.15, -0.1) is 0 Å². The number of pyridine rings is 2. The van der Waals surface area contributed by atoms with Crippen molar-refractivity contribution in [3.05, 3.63) is 82.4 Å². The molecule has 126 valence electrons. The number of halogens is 2. The van der Waals surface area contributed by atoms with Crippen LogP contribution in [-0.4, -0.2) is 15.9 Å². The van der Waals surface area contributed by atoms with Crippen LogP contribution in [0.2, 0.25) is 10.0 Å². The van der Waals surface area contributed by atoms with Gasteiger partial charge in [-0.05, 0) is 48.0 Å². The van der Waals surface area contributed by atoms with Crippen molar-refractivity contribution in [1.82, 2.24) is 9.97 Å². The second-order valence-electron chi connectivity index (χ2n) is 5.22. The second-order valence-corrected chi connectivity index (χ2v) is 6.06. The van der Waals surface area contributed by atoms with E-state index in [4.69, 9.17) is 23.2 Å². The molecule has 0 atom stereocenters. The molecule has 5 nitrogen and oxygen atoms in total. The third-order valence-corrected chi connectivity index (χ3v) is 3.97. The highest BCUT2D eigenvalue weighted by molar-refractivity contribution is 6.36. The molecule has 0 aliphatic heterocycles. The molecule has 2 heterocycles. The van der Waals surface area contributed by atoms with Crippen LogP contribution in [0.4, 0.5) is 11.4 Å². The molecule has 2 aromatic heterocycles. The smallest absolute Gasteiger partial charge is 0.274 e. The molecule has 0 spiro atoms. The Kier molecular flexibility index (Phi) is 5.48. The van der Waals surface area contributed by atoms with E-state index in [1.165, 1.54) is 0 Å². The summed E-state index contributed by atoms with van der Waals surface area (Å²) in [5.41, 5.74) is 2.70. The Bertz CT molecular complexity index is 870. The Morgan fingerprint density at radius 3 is 2.52 bits per heavy atom. The van der Waals surface area contributed by atoms with Crippen LogP contribution >= 0.6 is 23.2 Å². The number of hydrogen-bond acceptors (Lipinski definition) is 4. The van der Waals surface area contributed by atoms with E-state index in [9.17, 15) is 4.79 Å². The van der Waals surface area contributed by atoms with Crippen molar-refractivity contribution in [2.45, 2.75) is 6.54 Å². The summed E-state index contributed by atoms with van der Waals surface area (Å²) in [5, 5.41) is 6.82. The molecule has 3 aromatic rings. The van der Waals surface area contributed by atoms with Gasteiger partial charge in [0, 0.05) is 24.0 Å². The summed E-state index contributed by atoms with van der Waals surface area (Å²) in [6.45, 7) is 0.649. The van der Waals surface area contributed by atoms with Crippen LogP contribution in [0.5, 0.6) is 0 Å². The predicted molar refractivity (Wildman–Crippen MR) is 100 cm³/mol. The van der Waals surface area contributed by atoms with E-state index in [0.717, 1.165) is 11.3 Å². The van der Waals surface area contributed by atoms with Crippen molar-refractivity contribution in [3.8, 4) is 0 Å². The quantitative estimate of drug-likeness (QED) is 0.683. The average molecular weight is 373 g/mol. The van der Waals surface area contributed by atoms with Crippen molar-refractivity contribution in [3.63, 3.8) is 0 Å². The molecule has 0 saturated heterocycles. The molecule has 0 unspecified atom stereocenters. The van der Waals surface area contributed by atoms with E-state index in [0.29, 0.717) is 28.0 Å². The summed E-state index contributed by atoms with van der Waals surface area (Å²) in [4.78, 5) is 20.4. The van der Waals surface area contributed by atoms with Gasteiger partial charge >= 0.3 is 0 Å². The number of benzene rings is 1. The van der Waals surface area contributed by atoms with Gasteiger partial charge in [-0.1, -0.05) is 23.2 Å². The minimum absolute atomic E-state index is 0.292. The number of hydrogen-bond donors (Lipinski definition) is 2. The van der Waals surface area contributed by atoms with E-state index < -0.39 is 0 Å². The summed E-state index contributed by atoms with van der Waals surface area (Å²) < 4.78 is 0. The third kappa shape index (κ3) is 4.68. The van der Waals surface area contributed by atoms with E-state index in [2.05, 4.69) is 20.6 Å². The highest BCUT2D eigenvalue weighted by Crippen LogP contribution is 2.25. The minimum Gasteiger partial charge on any atom is -0.380 e. The lowest BCUT2D eigenvalue weighted by Gasteiger charge is -2.09. The van der Waals surface area contributed by atoms with Gasteiger partial charge in [0.1, 0.15) is 5.69 Å². The van der Waals surface area contributed by atoms with Gasteiger partial charge in [-0.3, -0.25) is 9.78 Å². The lowest BCUT2D eigenvalue weighted by molar-refractivity contribution is 0.102. The van der Waals surface area contributed by atoms with Gasteiger partial charge in [0.25, 0.3) is 5.91 Å². The van der Waals surface area contributed by atoms with Crippen molar-refractivity contribution in [2.75, 3.05) is 10.6 Å². The standard InChI is InChI=1S/C18H14Cl2N4O/c19-13-1-3-16(15(20)9-13)24-18(25)17-4-2-14(11-23-17)22-10-12-5-7-21-8-6-12/h1-9,11,22H,10H2,(H,24,25). The van der Waals surface area contributed by atoms with Gasteiger partial charge in [0.05, 0.1) is 22.6 Å². The molecule has 0 aliphatic carbocycles. The monoisotopic (exact) mass is 372 g/mol. The Morgan fingerprint density at radius 1 is 1.04 bits per heavy atom. The Morgan fingerprint density at radius 2 is 1.84 bits per heavy atom. The number of anilines is 2. The number of nitrogens with zero attached hydrogens (tertiary/aromatic N) is 2. The van der Waals surface area contributed by atoms with Crippen LogP contribution in [0.1, 0.15) is 16.1 Å². The molecule has 0 aliphatic rings. The summed E-state index contributed by atoms with van der Waals surface area (Å²) in [6, 6.07) is 12.2. The molecule has 0 saturated carbocycles. The Hall–Kier alpha value is -2.63. The maximum atomic E-state index is 12.2. The fourth-order valence-electron chi connectivity index (χ4n) is 2.11. The maximum absolute atomic E-state index is 12.2. The summed E-state index contributed by atoms with van der Waals surface area (Å²) in [7, 11) is 0. The van der Waals surface area contributed by atoms with Crippen LogP contribution in [0.25, 0.3) is 0 Å². The predicted octanol–water partition coefficient (Wildman–Crippen LogP) is 4.65. The molecule has 3 rings (SSSR count). The van der Waals surface area contributed by atoms with Gasteiger partial charge < -0.3 is 10.6 Å². The van der Waals surface area contributed by atoms with Crippen LogP contribution in [0.3, 0.4) is 0 Å². The topological polar surface area (TPSA) is 66.9 Å². The molecule has 1 aromatic carbocycles. The van der Waals surface area contributed by atoms with E-state index in [-0.39, 0.29) is 5.91 Å². The van der Waals surface area contributed by atoms with Crippen LogP contribution in [0, 0.1) is 0 Å². The minimum atomic E-state index is -0.343. The number of amides is 1. The number of aromatic nitrogens is 2. The first-order chi connectivity index (χ1) is 12.1. The third-order valence-electron chi connectivity index (χ3n) is 3.42. The first-order valence-electron chi connectivity index (χ1n) is 7.47.